The highest BCUT2D eigenvalue weighted by Crippen LogP contribution is 2.39. The number of imide groups is 1. The predicted molar refractivity (Wildman–Crippen MR) is 249 cm³/mol. The number of para-hydroxylation sites is 1. The number of benzene rings is 5. The van der Waals surface area contributed by atoms with Crippen LogP contribution in [0.3, 0.4) is 0 Å². The number of ether oxygens (including phenoxy) is 1. The molecule has 0 saturated heterocycles. The maximum atomic E-state index is 12.9. The lowest BCUT2D eigenvalue weighted by Gasteiger charge is -2.19. The molecule has 14 heteroatoms. The van der Waals surface area contributed by atoms with Gasteiger partial charge in [-0.2, -0.15) is 0 Å². The summed E-state index contributed by atoms with van der Waals surface area (Å²) in [5.74, 6) is -2.16. The maximum absolute atomic E-state index is 12.9. The summed E-state index contributed by atoms with van der Waals surface area (Å²) in [7, 11) is 3.90. The average molecular weight is 903 g/mol. The van der Waals surface area contributed by atoms with Gasteiger partial charge in [0.25, 0.3) is 23.6 Å². The summed E-state index contributed by atoms with van der Waals surface area (Å²) >= 11 is 18.4. The van der Waals surface area contributed by atoms with Crippen molar-refractivity contribution in [1.82, 2.24) is 19.8 Å². The van der Waals surface area contributed by atoms with Gasteiger partial charge in [-0.3, -0.25) is 24.5 Å². The molecule has 320 valence electrons. The molecule has 1 unspecified atom stereocenters. The van der Waals surface area contributed by atoms with Crippen molar-refractivity contribution >= 4 is 103 Å². The van der Waals surface area contributed by atoms with E-state index in [1.807, 2.05) is 78.9 Å². The number of hydrogen-bond donors (Lipinski definition) is 3. The molecule has 63 heavy (non-hydrogen) atoms. The highest BCUT2D eigenvalue weighted by atomic mass is 35.5. The molecule has 8 rings (SSSR count). The monoisotopic (exact) mass is 901 g/mol. The van der Waals surface area contributed by atoms with E-state index in [4.69, 9.17) is 39.5 Å². The fourth-order valence-corrected chi connectivity index (χ4v) is 8.53. The maximum Gasteiger partial charge on any atom is 0.328 e. The van der Waals surface area contributed by atoms with Crippen molar-refractivity contribution in [2.75, 3.05) is 11.9 Å². The Morgan fingerprint density at radius 3 is 1.87 bits per heavy atom. The molecule has 0 radical (unpaired) electrons. The average Bonchev–Trinajstić information content (AvgIpc) is 3.85. The second-order valence-electron chi connectivity index (χ2n) is 15.0. The molecule has 3 heterocycles. The molecule has 0 fully saturated rings. The van der Waals surface area contributed by atoms with Gasteiger partial charge >= 0.3 is 5.97 Å². The molecule has 1 aliphatic heterocycles. The Morgan fingerprint density at radius 2 is 1.25 bits per heavy atom. The number of nitrogens with zero attached hydrogens (tertiary/aromatic N) is 2. The number of aromatic nitrogens is 2. The van der Waals surface area contributed by atoms with Crippen LogP contribution in [0.25, 0.3) is 33.0 Å². The molecule has 2 aromatic heterocycles. The molecule has 3 N–H and O–H groups in total. The minimum Gasteiger partial charge on any atom is -0.464 e. The van der Waals surface area contributed by atoms with E-state index in [0.29, 0.717) is 33.0 Å². The number of fused-ring (bicyclic) bond motifs is 2. The Morgan fingerprint density at radius 1 is 0.683 bits per heavy atom. The van der Waals surface area contributed by atoms with Crippen LogP contribution in [-0.4, -0.2) is 51.4 Å². The summed E-state index contributed by atoms with van der Waals surface area (Å²) in [5, 5.41) is 10.7. The van der Waals surface area contributed by atoms with Gasteiger partial charge in [0.05, 0.1) is 43.9 Å². The topological polar surface area (TPSA) is 141 Å². The van der Waals surface area contributed by atoms with Crippen LogP contribution in [-0.2, 0) is 39.6 Å². The molecule has 4 amide bonds. The fraction of sp³-hybridized carbons (Fsp3) is 0.163. The first-order chi connectivity index (χ1) is 30.2. The number of halogens is 3. The Hall–Kier alpha value is -6.66. The van der Waals surface area contributed by atoms with Gasteiger partial charge in [-0.25, -0.2) is 4.79 Å². The first-order valence-corrected chi connectivity index (χ1v) is 21.1. The lowest BCUT2D eigenvalue weighted by molar-refractivity contribution is -0.145. The van der Waals surface area contributed by atoms with Crippen molar-refractivity contribution in [3.8, 4) is 0 Å². The van der Waals surface area contributed by atoms with E-state index in [0.717, 1.165) is 44.1 Å². The van der Waals surface area contributed by atoms with Gasteiger partial charge < -0.3 is 24.5 Å². The van der Waals surface area contributed by atoms with Crippen LogP contribution in [0.5, 0.6) is 0 Å². The third-order valence-electron chi connectivity index (χ3n) is 10.7. The van der Waals surface area contributed by atoms with E-state index < -0.39 is 23.8 Å². The highest BCUT2D eigenvalue weighted by Gasteiger charge is 2.35. The zero-order chi connectivity index (χ0) is 45.1. The van der Waals surface area contributed by atoms with Crippen LogP contribution in [0.15, 0.2) is 116 Å². The summed E-state index contributed by atoms with van der Waals surface area (Å²) < 4.78 is 9.14. The minimum absolute atomic E-state index is 0.173. The second-order valence-corrected chi connectivity index (χ2v) is 16.3. The summed E-state index contributed by atoms with van der Waals surface area (Å²) in [6.45, 7) is 5.67. The second kappa shape index (κ2) is 18.8. The van der Waals surface area contributed by atoms with Crippen molar-refractivity contribution < 1.29 is 28.7 Å². The van der Waals surface area contributed by atoms with Crippen molar-refractivity contribution in [2.45, 2.75) is 33.2 Å². The zero-order valence-electron chi connectivity index (χ0n) is 34.9. The number of hydrogen-bond acceptors (Lipinski definition) is 6. The largest absolute Gasteiger partial charge is 0.464 e. The Kier molecular flexibility index (Phi) is 13.2. The van der Waals surface area contributed by atoms with Gasteiger partial charge in [-0.05, 0) is 79.9 Å². The summed E-state index contributed by atoms with van der Waals surface area (Å²) in [5.41, 5.74) is 8.07. The highest BCUT2D eigenvalue weighted by molar-refractivity contribution is 6.51. The van der Waals surface area contributed by atoms with Gasteiger partial charge in [0.15, 0.2) is 0 Å². The van der Waals surface area contributed by atoms with E-state index in [2.05, 4.69) is 22.0 Å². The van der Waals surface area contributed by atoms with Crippen LogP contribution < -0.4 is 16.0 Å². The number of anilines is 1. The third kappa shape index (κ3) is 9.27. The Labute approximate surface area is 378 Å². The van der Waals surface area contributed by atoms with Gasteiger partial charge in [0.1, 0.15) is 6.04 Å². The molecule has 7 aromatic rings. The Balaban J connectivity index is 0.000000193. The SMILES string of the molecule is CCOC(=O)C(Cc1ccc(NC(=O)c2c(Cl)cccc2Cl)cc1)NC(=O)c1c(C)cccc1Cl.Cc1ccc2c(C3=C(c4cn(C)c5ccccc45)C(=O)NC3=O)cn(C)c2c1. The first kappa shape index (κ1) is 44.4. The van der Waals surface area contributed by atoms with E-state index in [9.17, 15) is 24.0 Å². The summed E-state index contributed by atoms with van der Waals surface area (Å²) in [4.78, 5) is 63.7. The molecule has 1 aliphatic rings. The standard InChI is InChI=1S/C26H23Cl3N2O4.C23H19N3O2/c1-3-35-26(34)21(31-24(32)22-15(2)6-4-7-18(22)27)14-16-10-12-17(13-11-16)30-25(33)23-19(28)8-5-9-20(23)29;1-13-8-9-15-17(12-26(3)19(15)10-13)21-20(22(27)24-23(21)28)16-11-25(2)18-7-5-4-6-14(16)18/h4-13,21H,3,14H2,1-2H3,(H,30,33)(H,31,32);4-12H,1-3H3,(H,24,27,28). The number of nitrogens with one attached hydrogen (secondary N) is 3. The van der Waals surface area contributed by atoms with Crippen LogP contribution in [0, 0.1) is 13.8 Å². The van der Waals surface area contributed by atoms with Crippen LogP contribution in [0.1, 0.15) is 55.5 Å². The van der Waals surface area contributed by atoms with Crippen molar-refractivity contribution in [3.63, 3.8) is 0 Å². The zero-order valence-corrected chi connectivity index (χ0v) is 37.2. The summed E-state index contributed by atoms with van der Waals surface area (Å²) in [6, 6.07) is 29.9. The van der Waals surface area contributed by atoms with Gasteiger partial charge in [0, 0.05) is 71.5 Å². The molecule has 5 aromatic carbocycles. The molecule has 0 saturated carbocycles. The minimum atomic E-state index is -0.930. The predicted octanol–water partition coefficient (Wildman–Crippen LogP) is 9.66. The number of rotatable bonds is 10. The van der Waals surface area contributed by atoms with Gasteiger partial charge in [-0.15, -0.1) is 0 Å². The van der Waals surface area contributed by atoms with E-state index in [-0.39, 0.29) is 40.5 Å². The van der Waals surface area contributed by atoms with Crippen LogP contribution >= 0.6 is 34.8 Å². The van der Waals surface area contributed by atoms with Crippen LogP contribution in [0.4, 0.5) is 5.69 Å². The Bertz CT molecular complexity index is 2960. The van der Waals surface area contributed by atoms with E-state index >= 15 is 0 Å². The molecular weight excluding hydrogens is 861 g/mol. The number of esters is 1. The van der Waals surface area contributed by atoms with Crippen LogP contribution in [0.2, 0.25) is 15.1 Å². The van der Waals surface area contributed by atoms with Gasteiger partial charge in [-0.1, -0.05) is 95.5 Å². The smallest absolute Gasteiger partial charge is 0.328 e. The quantitative estimate of drug-likeness (QED) is 0.0923. The lowest BCUT2D eigenvalue weighted by Crippen LogP contribution is -2.43. The molecule has 1 atom stereocenters. The number of amides is 4. The number of carbonyl (C=O) groups is 5. The normalized spacial score (nSPS) is 12.8. The van der Waals surface area contributed by atoms with E-state index in [1.165, 1.54) is 0 Å². The van der Waals surface area contributed by atoms with Crippen molar-refractivity contribution in [3.05, 3.63) is 170 Å². The van der Waals surface area contributed by atoms with Gasteiger partial charge in [0.2, 0.25) is 0 Å². The molecule has 0 spiro atoms. The van der Waals surface area contributed by atoms with E-state index in [1.54, 1.807) is 74.5 Å². The molecule has 0 bridgehead atoms. The summed E-state index contributed by atoms with van der Waals surface area (Å²) in [6.07, 6.45) is 4.04. The van der Waals surface area contributed by atoms with Crippen molar-refractivity contribution in [2.24, 2.45) is 14.1 Å². The first-order valence-electron chi connectivity index (χ1n) is 19.9. The molecule has 11 nitrogen and oxygen atoms in total. The fourth-order valence-electron chi connectivity index (χ4n) is 7.66. The molecule has 0 aliphatic carbocycles. The number of carbonyl (C=O) groups excluding carboxylic acids is 5. The van der Waals surface area contributed by atoms with Crippen molar-refractivity contribution in [1.29, 1.82) is 0 Å². The number of aryl methyl sites for hydroxylation is 4. The molecular formula is C49H42Cl3N5O6. The third-order valence-corrected chi connectivity index (χ3v) is 11.6. The lowest BCUT2D eigenvalue weighted by atomic mass is 9.95.